The molecule has 0 amide bonds. The Morgan fingerprint density at radius 1 is 1.00 bits per heavy atom. The van der Waals surface area contributed by atoms with Crippen molar-refractivity contribution in [3.63, 3.8) is 0 Å². The molecule has 0 aromatic heterocycles. The maximum Gasteiger partial charge on any atom is 0.307 e. The van der Waals surface area contributed by atoms with Gasteiger partial charge in [0.05, 0.1) is 0 Å². The van der Waals surface area contributed by atoms with Gasteiger partial charge in [-0.25, -0.2) is 0 Å². The van der Waals surface area contributed by atoms with E-state index in [2.05, 4.69) is 0 Å². The number of hydrogen-bond donors (Lipinski definition) is 0. The molecule has 0 atom stereocenters. The lowest BCUT2D eigenvalue weighted by Gasteiger charge is -2.05. The lowest BCUT2D eigenvalue weighted by Crippen LogP contribution is -2.09. The van der Waals surface area contributed by atoms with Gasteiger partial charge >= 0.3 is 5.97 Å². The molecule has 5 heteroatoms. The maximum absolute atomic E-state index is 11.0. The molecule has 0 fully saturated rings. The lowest BCUT2D eigenvalue weighted by molar-refractivity contribution is -0.156. The van der Waals surface area contributed by atoms with E-state index in [1.54, 1.807) is 0 Å². The number of rotatable bonds is 10. The fourth-order valence-electron chi connectivity index (χ4n) is 0.783. The van der Waals surface area contributed by atoms with Crippen molar-refractivity contribution in [2.45, 2.75) is 26.7 Å². The zero-order valence-electron chi connectivity index (χ0n) is 9.49. The summed E-state index contributed by atoms with van der Waals surface area (Å²) < 4.78 is 19.7. The molecule has 0 saturated carbocycles. The van der Waals surface area contributed by atoms with Crippen LogP contribution in [0.3, 0.4) is 0 Å². The van der Waals surface area contributed by atoms with Crippen LogP contribution in [-0.2, 0) is 23.7 Å². The Kier molecular flexibility index (Phi) is 10.9. The van der Waals surface area contributed by atoms with Crippen molar-refractivity contribution < 1.29 is 23.7 Å². The van der Waals surface area contributed by atoms with Gasteiger partial charge in [0.15, 0.2) is 6.79 Å². The SMILES string of the molecule is CCOCOCCCC(=O)OCOCC. The van der Waals surface area contributed by atoms with Crippen LogP contribution in [0.15, 0.2) is 0 Å². The summed E-state index contributed by atoms with van der Waals surface area (Å²) in [7, 11) is 0. The Bertz CT molecular complexity index is 149. The first-order chi connectivity index (χ1) is 7.31. The van der Waals surface area contributed by atoms with E-state index >= 15 is 0 Å². The highest BCUT2D eigenvalue weighted by Gasteiger charge is 2.01. The normalized spacial score (nSPS) is 10.3. The van der Waals surface area contributed by atoms with E-state index in [9.17, 15) is 4.79 Å². The molecule has 0 aromatic rings. The largest absolute Gasteiger partial charge is 0.438 e. The molecule has 0 heterocycles. The maximum atomic E-state index is 11.0. The third kappa shape index (κ3) is 11.3. The molecular formula is C10H20O5. The van der Waals surface area contributed by atoms with Crippen LogP contribution in [0.25, 0.3) is 0 Å². The number of esters is 1. The summed E-state index contributed by atoms with van der Waals surface area (Å²) >= 11 is 0. The Labute approximate surface area is 90.6 Å². The number of carbonyl (C=O) groups is 1. The molecule has 0 bridgehead atoms. The van der Waals surface area contributed by atoms with Crippen LogP contribution in [-0.4, -0.2) is 39.4 Å². The van der Waals surface area contributed by atoms with Crippen molar-refractivity contribution in [3.8, 4) is 0 Å². The van der Waals surface area contributed by atoms with Gasteiger partial charge < -0.3 is 18.9 Å². The molecular weight excluding hydrogens is 200 g/mol. The Balaban J connectivity index is 3.10. The summed E-state index contributed by atoms with van der Waals surface area (Å²) in [6.45, 7) is 5.74. The van der Waals surface area contributed by atoms with Crippen molar-refractivity contribution in [3.05, 3.63) is 0 Å². The smallest absolute Gasteiger partial charge is 0.307 e. The molecule has 0 N–H and O–H groups in total. The third-order valence-electron chi connectivity index (χ3n) is 1.55. The van der Waals surface area contributed by atoms with Crippen LogP contribution in [0.2, 0.25) is 0 Å². The molecule has 0 spiro atoms. The second-order valence-corrected chi connectivity index (χ2v) is 2.75. The molecule has 0 aliphatic heterocycles. The van der Waals surface area contributed by atoms with Gasteiger partial charge in [-0.2, -0.15) is 0 Å². The minimum Gasteiger partial charge on any atom is -0.438 e. The van der Waals surface area contributed by atoms with Crippen LogP contribution in [0.1, 0.15) is 26.7 Å². The average molecular weight is 220 g/mol. The average Bonchev–Trinajstić information content (AvgIpc) is 2.23. The summed E-state index contributed by atoms with van der Waals surface area (Å²) in [6, 6.07) is 0. The molecule has 5 nitrogen and oxygen atoms in total. The molecule has 0 rings (SSSR count). The Morgan fingerprint density at radius 3 is 2.33 bits per heavy atom. The summed E-state index contributed by atoms with van der Waals surface area (Å²) in [5, 5.41) is 0. The summed E-state index contributed by atoms with van der Waals surface area (Å²) in [5.41, 5.74) is 0. The van der Waals surface area contributed by atoms with Crippen molar-refractivity contribution in [1.82, 2.24) is 0 Å². The fourth-order valence-corrected chi connectivity index (χ4v) is 0.783. The highest BCUT2D eigenvalue weighted by atomic mass is 16.7. The van der Waals surface area contributed by atoms with Gasteiger partial charge in [0.2, 0.25) is 0 Å². The zero-order valence-corrected chi connectivity index (χ0v) is 9.49. The van der Waals surface area contributed by atoms with Crippen molar-refractivity contribution >= 4 is 5.97 Å². The molecule has 15 heavy (non-hydrogen) atoms. The van der Waals surface area contributed by atoms with Crippen LogP contribution in [0, 0.1) is 0 Å². The number of hydrogen-bond acceptors (Lipinski definition) is 5. The summed E-state index contributed by atoms with van der Waals surface area (Å²) in [6.07, 6.45) is 0.983. The number of ether oxygens (including phenoxy) is 4. The molecule has 0 unspecified atom stereocenters. The van der Waals surface area contributed by atoms with E-state index in [-0.39, 0.29) is 19.6 Å². The van der Waals surface area contributed by atoms with Crippen molar-refractivity contribution in [2.75, 3.05) is 33.4 Å². The van der Waals surface area contributed by atoms with Crippen LogP contribution in [0.5, 0.6) is 0 Å². The molecule has 90 valence electrons. The monoisotopic (exact) mass is 220 g/mol. The van der Waals surface area contributed by atoms with Gasteiger partial charge in [-0.3, -0.25) is 4.79 Å². The van der Waals surface area contributed by atoms with Gasteiger partial charge in [0.25, 0.3) is 0 Å². The van der Waals surface area contributed by atoms with Crippen molar-refractivity contribution in [1.29, 1.82) is 0 Å². The van der Waals surface area contributed by atoms with Gasteiger partial charge in [-0.15, -0.1) is 0 Å². The summed E-state index contributed by atoms with van der Waals surface area (Å²) in [4.78, 5) is 11.0. The van der Waals surface area contributed by atoms with E-state index in [1.807, 2.05) is 13.8 Å². The third-order valence-corrected chi connectivity index (χ3v) is 1.55. The number of carbonyl (C=O) groups excluding carboxylic acids is 1. The zero-order chi connectivity index (χ0) is 11.4. The van der Waals surface area contributed by atoms with Gasteiger partial charge in [0, 0.05) is 26.2 Å². The molecule has 0 radical (unpaired) electrons. The fraction of sp³-hybridized carbons (Fsp3) is 0.900. The van der Waals surface area contributed by atoms with Gasteiger partial charge in [-0.05, 0) is 20.3 Å². The molecule has 0 aliphatic rings. The highest BCUT2D eigenvalue weighted by Crippen LogP contribution is 1.94. The Hall–Kier alpha value is -0.650. The first-order valence-corrected chi connectivity index (χ1v) is 5.20. The molecule has 0 aliphatic carbocycles. The first kappa shape index (κ1) is 14.3. The van der Waals surface area contributed by atoms with Crippen LogP contribution in [0.4, 0.5) is 0 Å². The lowest BCUT2D eigenvalue weighted by atomic mass is 10.3. The standard InChI is InChI=1S/C10H20O5/c1-3-12-8-14-7-5-6-10(11)15-9-13-4-2/h3-9H2,1-2H3. The molecule has 0 saturated heterocycles. The predicted octanol–water partition coefficient (Wildman–Crippen LogP) is 1.31. The van der Waals surface area contributed by atoms with Gasteiger partial charge in [0.1, 0.15) is 6.79 Å². The predicted molar refractivity (Wildman–Crippen MR) is 54.3 cm³/mol. The Morgan fingerprint density at radius 2 is 1.67 bits per heavy atom. The second-order valence-electron chi connectivity index (χ2n) is 2.75. The highest BCUT2D eigenvalue weighted by molar-refractivity contribution is 5.69. The van der Waals surface area contributed by atoms with E-state index in [4.69, 9.17) is 18.9 Å². The van der Waals surface area contributed by atoms with E-state index < -0.39 is 0 Å². The molecule has 0 aromatic carbocycles. The second kappa shape index (κ2) is 11.4. The minimum atomic E-state index is -0.261. The quantitative estimate of drug-likeness (QED) is 0.316. The van der Waals surface area contributed by atoms with Gasteiger partial charge in [-0.1, -0.05) is 0 Å². The van der Waals surface area contributed by atoms with Crippen LogP contribution < -0.4 is 0 Å². The van der Waals surface area contributed by atoms with E-state index in [0.717, 1.165) is 0 Å². The van der Waals surface area contributed by atoms with Crippen molar-refractivity contribution in [2.24, 2.45) is 0 Å². The van der Waals surface area contributed by atoms with Crippen LogP contribution >= 0.6 is 0 Å². The minimum absolute atomic E-state index is 0.0368. The first-order valence-electron chi connectivity index (χ1n) is 5.20. The van der Waals surface area contributed by atoms with E-state index in [1.165, 1.54) is 0 Å². The summed E-state index contributed by atoms with van der Waals surface area (Å²) in [5.74, 6) is -0.261. The van der Waals surface area contributed by atoms with E-state index in [0.29, 0.717) is 32.7 Å². The topological polar surface area (TPSA) is 54.0 Å².